The highest BCUT2D eigenvalue weighted by atomic mass is 35.5. The summed E-state index contributed by atoms with van der Waals surface area (Å²) in [5.74, 6) is 0. The Bertz CT molecular complexity index is 141. The second kappa shape index (κ2) is 4.75. The molecule has 0 spiro atoms. The van der Waals surface area contributed by atoms with E-state index in [9.17, 15) is 0 Å². The Morgan fingerprint density at radius 2 is 2.64 bits per heavy atom. The average Bonchev–Trinajstić information content (AvgIpc) is 2.52. The molecule has 1 atom stereocenters. The molecule has 1 saturated heterocycles. The minimum absolute atomic E-state index is 0.390. The van der Waals surface area contributed by atoms with Gasteiger partial charge in [-0.05, 0) is 25.5 Å². The number of halogens is 1. The first-order valence-corrected chi connectivity index (χ1v) is 4.34. The highest BCUT2D eigenvalue weighted by molar-refractivity contribution is 6.25. The Hall–Kier alpha value is -0.0500. The van der Waals surface area contributed by atoms with Crippen molar-refractivity contribution in [3.8, 4) is 0 Å². The molecule has 1 aliphatic heterocycles. The lowest BCUT2D eigenvalue weighted by molar-refractivity contribution is 0.0847. The molecule has 0 amide bonds. The maximum absolute atomic E-state index is 5.54. The standard InChI is InChI=1S/C8H14ClNO/c1-7(4-9)6-11-8-2-3-10-5-8/h4,8,10H,2-3,5-6H2,1H3. The predicted molar refractivity (Wildman–Crippen MR) is 46.8 cm³/mol. The number of hydrogen-bond donors (Lipinski definition) is 1. The number of hydrogen-bond acceptors (Lipinski definition) is 2. The Labute approximate surface area is 72.6 Å². The molecule has 0 radical (unpaired) electrons. The van der Waals surface area contributed by atoms with E-state index in [-0.39, 0.29) is 0 Å². The zero-order valence-electron chi connectivity index (χ0n) is 6.77. The summed E-state index contributed by atoms with van der Waals surface area (Å²) in [5.41, 5.74) is 2.65. The van der Waals surface area contributed by atoms with Crippen LogP contribution in [0, 0.1) is 0 Å². The molecule has 3 heteroatoms. The molecular weight excluding hydrogens is 162 g/mol. The van der Waals surface area contributed by atoms with Crippen LogP contribution in [0.25, 0.3) is 0 Å². The summed E-state index contributed by atoms with van der Waals surface area (Å²) in [5, 5.41) is 3.24. The van der Waals surface area contributed by atoms with Crippen LogP contribution in [0.15, 0.2) is 11.1 Å². The molecule has 1 rings (SSSR count). The van der Waals surface area contributed by atoms with Crippen molar-refractivity contribution in [2.24, 2.45) is 0 Å². The van der Waals surface area contributed by atoms with Crippen molar-refractivity contribution in [3.05, 3.63) is 11.1 Å². The van der Waals surface area contributed by atoms with Gasteiger partial charge in [-0.3, -0.25) is 0 Å². The van der Waals surface area contributed by atoms with Crippen molar-refractivity contribution in [1.29, 1.82) is 0 Å². The third kappa shape index (κ3) is 3.23. The van der Waals surface area contributed by atoms with Crippen molar-refractivity contribution in [2.75, 3.05) is 19.7 Å². The topological polar surface area (TPSA) is 21.3 Å². The van der Waals surface area contributed by atoms with Gasteiger partial charge in [0.25, 0.3) is 0 Å². The monoisotopic (exact) mass is 175 g/mol. The van der Waals surface area contributed by atoms with Gasteiger partial charge in [-0.25, -0.2) is 0 Å². The van der Waals surface area contributed by atoms with Crippen LogP contribution in [-0.2, 0) is 4.74 Å². The van der Waals surface area contributed by atoms with Crippen LogP contribution in [0.2, 0.25) is 0 Å². The molecule has 1 heterocycles. The van der Waals surface area contributed by atoms with E-state index in [2.05, 4.69) is 5.32 Å². The minimum atomic E-state index is 0.390. The largest absolute Gasteiger partial charge is 0.372 e. The molecule has 1 fully saturated rings. The highest BCUT2D eigenvalue weighted by Crippen LogP contribution is 2.05. The molecule has 1 N–H and O–H groups in total. The summed E-state index contributed by atoms with van der Waals surface area (Å²) in [7, 11) is 0. The number of rotatable bonds is 3. The summed E-state index contributed by atoms with van der Waals surface area (Å²) in [6, 6.07) is 0. The predicted octanol–water partition coefficient (Wildman–Crippen LogP) is 1.51. The van der Waals surface area contributed by atoms with Gasteiger partial charge in [0.2, 0.25) is 0 Å². The Morgan fingerprint density at radius 3 is 3.18 bits per heavy atom. The summed E-state index contributed by atoms with van der Waals surface area (Å²) in [4.78, 5) is 0. The zero-order valence-corrected chi connectivity index (χ0v) is 7.53. The van der Waals surface area contributed by atoms with E-state index in [1.807, 2.05) is 6.92 Å². The van der Waals surface area contributed by atoms with E-state index in [0.29, 0.717) is 12.7 Å². The summed E-state index contributed by atoms with van der Waals surface area (Å²) in [6.07, 6.45) is 1.51. The fraction of sp³-hybridized carbons (Fsp3) is 0.750. The lowest BCUT2D eigenvalue weighted by Crippen LogP contribution is -2.17. The molecule has 0 aliphatic carbocycles. The van der Waals surface area contributed by atoms with Gasteiger partial charge in [-0.1, -0.05) is 11.6 Å². The van der Waals surface area contributed by atoms with Crippen LogP contribution in [0.5, 0.6) is 0 Å². The lowest BCUT2D eigenvalue weighted by Gasteiger charge is -2.09. The lowest BCUT2D eigenvalue weighted by atomic mass is 10.3. The van der Waals surface area contributed by atoms with Gasteiger partial charge in [0.1, 0.15) is 0 Å². The Morgan fingerprint density at radius 1 is 1.82 bits per heavy atom. The van der Waals surface area contributed by atoms with E-state index < -0.39 is 0 Å². The summed E-state index contributed by atoms with van der Waals surface area (Å²) in [6.45, 7) is 4.69. The fourth-order valence-corrected chi connectivity index (χ4v) is 1.11. The fourth-order valence-electron chi connectivity index (χ4n) is 1.05. The zero-order chi connectivity index (χ0) is 8.10. The van der Waals surface area contributed by atoms with Crippen molar-refractivity contribution >= 4 is 11.6 Å². The summed E-state index contributed by atoms with van der Waals surface area (Å²) < 4.78 is 5.54. The van der Waals surface area contributed by atoms with Gasteiger partial charge in [0.15, 0.2) is 0 Å². The second-order valence-corrected chi connectivity index (χ2v) is 3.10. The molecule has 0 bridgehead atoms. The first-order valence-electron chi connectivity index (χ1n) is 3.91. The number of ether oxygens (including phenoxy) is 1. The molecule has 2 nitrogen and oxygen atoms in total. The molecule has 64 valence electrons. The molecular formula is C8H14ClNO. The van der Waals surface area contributed by atoms with Crippen LogP contribution >= 0.6 is 11.6 Å². The van der Waals surface area contributed by atoms with E-state index >= 15 is 0 Å². The first kappa shape index (κ1) is 9.04. The van der Waals surface area contributed by atoms with Gasteiger partial charge in [0, 0.05) is 12.1 Å². The maximum Gasteiger partial charge on any atom is 0.0715 e. The molecule has 0 aromatic carbocycles. The third-order valence-electron chi connectivity index (χ3n) is 1.75. The van der Waals surface area contributed by atoms with Crippen molar-refractivity contribution < 1.29 is 4.74 Å². The van der Waals surface area contributed by atoms with Gasteiger partial charge >= 0.3 is 0 Å². The average molecular weight is 176 g/mol. The molecule has 0 aromatic heterocycles. The van der Waals surface area contributed by atoms with Crippen LogP contribution in [0.1, 0.15) is 13.3 Å². The second-order valence-electron chi connectivity index (χ2n) is 2.88. The molecule has 1 aliphatic rings. The van der Waals surface area contributed by atoms with E-state index in [1.165, 1.54) is 0 Å². The van der Waals surface area contributed by atoms with E-state index in [0.717, 1.165) is 25.1 Å². The molecule has 0 aromatic rings. The van der Waals surface area contributed by atoms with Gasteiger partial charge < -0.3 is 10.1 Å². The number of nitrogens with one attached hydrogen (secondary N) is 1. The van der Waals surface area contributed by atoms with Crippen LogP contribution < -0.4 is 5.32 Å². The van der Waals surface area contributed by atoms with Gasteiger partial charge in [-0.2, -0.15) is 0 Å². The van der Waals surface area contributed by atoms with Gasteiger partial charge in [0.05, 0.1) is 12.7 Å². The smallest absolute Gasteiger partial charge is 0.0715 e. The van der Waals surface area contributed by atoms with Crippen LogP contribution in [0.4, 0.5) is 0 Å². The Balaban J connectivity index is 2.11. The first-order chi connectivity index (χ1) is 5.33. The SMILES string of the molecule is CC(=CCl)COC1CCNC1. The highest BCUT2D eigenvalue weighted by Gasteiger charge is 2.13. The van der Waals surface area contributed by atoms with Crippen molar-refractivity contribution in [3.63, 3.8) is 0 Å². The van der Waals surface area contributed by atoms with Crippen molar-refractivity contribution in [2.45, 2.75) is 19.4 Å². The van der Waals surface area contributed by atoms with Gasteiger partial charge in [-0.15, -0.1) is 0 Å². The normalized spacial score (nSPS) is 26.0. The van der Waals surface area contributed by atoms with E-state index in [4.69, 9.17) is 16.3 Å². The Kier molecular flexibility index (Phi) is 3.91. The maximum atomic E-state index is 5.54. The summed E-state index contributed by atoms with van der Waals surface area (Å²) >= 11 is 5.48. The third-order valence-corrected chi connectivity index (χ3v) is 2.12. The van der Waals surface area contributed by atoms with Crippen molar-refractivity contribution in [1.82, 2.24) is 5.32 Å². The van der Waals surface area contributed by atoms with E-state index in [1.54, 1.807) is 5.54 Å². The molecule has 0 saturated carbocycles. The quantitative estimate of drug-likeness (QED) is 0.702. The molecule has 1 unspecified atom stereocenters. The molecule has 11 heavy (non-hydrogen) atoms. The minimum Gasteiger partial charge on any atom is -0.372 e. The van der Waals surface area contributed by atoms with Crippen LogP contribution in [0.3, 0.4) is 0 Å². The van der Waals surface area contributed by atoms with Crippen LogP contribution in [-0.4, -0.2) is 25.8 Å².